The minimum atomic E-state index is 0.159. The Hall–Kier alpha value is -1.16. The second-order valence-corrected chi connectivity index (χ2v) is 4.53. The Kier molecular flexibility index (Phi) is 3.39. The van der Waals surface area contributed by atoms with Gasteiger partial charge in [-0.25, -0.2) is 0 Å². The van der Waals surface area contributed by atoms with Crippen LogP contribution in [0.5, 0.6) is 11.5 Å². The third kappa shape index (κ3) is 2.32. The Morgan fingerprint density at radius 2 is 1.94 bits per heavy atom. The highest BCUT2D eigenvalue weighted by Gasteiger charge is 2.16. The van der Waals surface area contributed by atoms with E-state index in [0.717, 1.165) is 22.0 Å². The van der Waals surface area contributed by atoms with Gasteiger partial charge in [0, 0.05) is 11.3 Å². The van der Waals surface area contributed by atoms with Crippen LogP contribution in [0.25, 0.3) is 0 Å². The van der Waals surface area contributed by atoms with Gasteiger partial charge in [-0.3, -0.25) is 4.79 Å². The van der Waals surface area contributed by atoms with Gasteiger partial charge in [-0.1, -0.05) is 0 Å². The lowest BCUT2D eigenvalue weighted by Crippen LogP contribution is -2.16. The smallest absolute Gasteiger partial charge is 0.162 e. The molecule has 0 radical (unpaired) electrons. The fourth-order valence-electron chi connectivity index (χ4n) is 1.71. The van der Waals surface area contributed by atoms with Gasteiger partial charge in [-0.15, -0.1) is 11.8 Å². The largest absolute Gasteiger partial charge is 0.486 e. The van der Waals surface area contributed by atoms with Crippen LogP contribution in [0.4, 0.5) is 0 Å². The molecule has 16 heavy (non-hydrogen) atoms. The van der Waals surface area contributed by atoms with E-state index in [0.29, 0.717) is 19.6 Å². The van der Waals surface area contributed by atoms with Crippen molar-refractivity contribution < 1.29 is 14.3 Å². The van der Waals surface area contributed by atoms with Gasteiger partial charge in [0.05, 0.1) is 0 Å². The van der Waals surface area contributed by atoms with E-state index < -0.39 is 0 Å². The summed E-state index contributed by atoms with van der Waals surface area (Å²) in [5.74, 6) is 1.69. The quantitative estimate of drug-likeness (QED) is 0.757. The van der Waals surface area contributed by atoms with E-state index in [2.05, 4.69) is 0 Å². The summed E-state index contributed by atoms with van der Waals surface area (Å²) in [6.07, 6.45) is 2.45. The number of ether oxygens (including phenoxy) is 2. The second kappa shape index (κ2) is 4.78. The van der Waals surface area contributed by atoms with Crippen molar-refractivity contribution in [2.24, 2.45) is 0 Å². The summed E-state index contributed by atoms with van der Waals surface area (Å²) < 4.78 is 11.0. The molecule has 0 spiro atoms. The van der Waals surface area contributed by atoms with E-state index in [1.54, 1.807) is 18.7 Å². The molecule has 0 atom stereocenters. The average molecular weight is 238 g/mol. The van der Waals surface area contributed by atoms with Gasteiger partial charge in [0.2, 0.25) is 0 Å². The van der Waals surface area contributed by atoms with Gasteiger partial charge in [-0.05, 0) is 30.9 Å². The van der Waals surface area contributed by atoms with Crippen LogP contribution >= 0.6 is 11.8 Å². The second-order valence-electron chi connectivity index (χ2n) is 3.69. The van der Waals surface area contributed by atoms with E-state index in [1.165, 1.54) is 0 Å². The zero-order valence-corrected chi connectivity index (χ0v) is 10.2. The Morgan fingerprint density at radius 1 is 1.31 bits per heavy atom. The molecule has 1 heterocycles. The number of Topliss-reactive ketones (excluding diaryl/α,β-unsaturated/α-hetero) is 1. The molecule has 0 aliphatic carbocycles. The molecule has 0 saturated heterocycles. The highest BCUT2D eigenvalue weighted by atomic mass is 32.2. The maximum absolute atomic E-state index is 11.2. The Balaban J connectivity index is 2.39. The van der Waals surface area contributed by atoms with Crippen molar-refractivity contribution in [3.05, 3.63) is 17.7 Å². The van der Waals surface area contributed by atoms with Gasteiger partial charge in [0.15, 0.2) is 11.5 Å². The summed E-state index contributed by atoms with van der Waals surface area (Å²) in [5.41, 5.74) is 1.02. The van der Waals surface area contributed by atoms with E-state index in [1.807, 2.05) is 18.4 Å². The Morgan fingerprint density at radius 3 is 2.50 bits per heavy atom. The number of thioether (sulfide) groups is 1. The molecular formula is C12H14O3S. The first-order chi connectivity index (χ1) is 7.70. The third-order valence-corrected chi connectivity index (χ3v) is 3.20. The number of ketones is 1. The number of carbonyl (C=O) groups excluding carboxylic acids is 1. The van der Waals surface area contributed by atoms with Crippen molar-refractivity contribution in [1.29, 1.82) is 0 Å². The van der Waals surface area contributed by atoms with E-state index >= 15 is 0 Å². The molecule has 1 aromatic rings. The lowest BCUT2D eigenvalue weighted by atomic mass is 10.1. The molecule has 1 aliphatic rings. The SMILES string of the molecule is CSc1cc2c(cc1CC(C)=O)OCCO2. The van der Waals surface area contributed by atoms with Crippen LogP contribution in [0, 0.1) is 0 Å². The number of fused-ring (bicyclic) bond motifs is 1. The molecule has 0 fully saturated rings. The van der Waals surface area contributed by atoms with Gasteiger partial charge in [-0.2, -0.15) is 0 Å². The van der Waals surface area contributed by atoms with Crippen LogP contribution in [-0.4, -0.2) is 25.3 Å². The number of carbonyl (C=O) groups is 1. The van der Waals surface area contributed by atoms with Crippen LogP contribution in [0.3, 0.4) is 0 Å². The number of benzene rings is 1. The molecule has 3 nitrogen and oxygen atoms in total. The van der Waals surface area contributed by atoms with Crippen LogP contribution < -0.4 is 9.47 Å². The first kappa shape index (κ1) is 11.3. The summed E-state index contributed by atoms with van der Waals surface area (Å²) in [5, 5.41) is 0. The number of hydrogen-bond acceptors (Lipinski definition) is 4. The minimum absolute atomic E-state index is 0.159. The number of rotatable bonds is 3. The molecule has 0 aromatic heterocycles. The summed E-state index contributed by atoms with van der Waals surface area (Å²) in [7, 11) is 0. The molecule has 4 heteroatoms. The minimum Gasteiger partial charge on any atom is -0.486 e. The van der Waals surface area contributed by atoms with Gasteiger partial charge < -0.3 is 9.47 Å². The van der Waals surface area contributed by atoms with Crippen LogP contribution in [0.2, 0.25) is 0 Å². The normalized spacial score (nSPS) is 13.6. The Bertz CT molecular complexity index is 415. The van der Waals surface area contributed by atoms with E-state index in [-0.39, 0.29) is 5.78 Å². The summed E-state index contributed by atoms with van der Waals surface area (Å²) in [6, 6.07) is 3.87. The van der Waals surface area contributed by atoms with E-state index in [4.69, 9.17) is 9.47 Å². The molecule has 2 rings (SSSR count). The molecule has 0 saturated carbocycles. The predicted molar refractivity (Wildman–Crippen MR) is 63.6 cm³/mol. The van der Waals surface area contributed by atoms with Crippen LogP contribution in [0.1, 0.15) is 12.5 Å². The van der Waals surface area contributed by atoms with Crippen molar-refractivity contribution in [1.82, 2.24) is 0 Å². The summed E-state index contributed by atoms with van der Waals surface area (Å²) >= 11 is 1.62. The van der Waals surface area contributed by atoms with Crippen LogP contribution in [-0.2, 0) is 11.2 Å². The van der Waals surface area contributed by atoms with Crippen molar-refractivity contribution in [2.45, 2.75) is 18.2 Å². The average Bonchev–Trinajstić information content (AvgIpc) is 2.27. The van der Waals surface area contributed by atoms with Crippen molar-refractivity contribution in [2.75, 3.05) is 19.5 Å². The molecule has 1 aliphatic heterocycles. The standard InChI is InChI=1S/C12H14O3S/c1-8(13)5-9-6-10-11(7-12(9)16-2)15-4-3-14-10/h6-7H,3-5H2,1-2H3. The maximum Gasteiger partial charge on any atom is 0.162 e. The van der Waals surface area contributed by atoms with Crippen molar-refractivity contribution in [3.63, 3.8) is 0 Å². The van der Waals surface area contributed by atoms with Crippen molar-refractivity contribution >= 4 is 17.5 Å². The first-order valence-electron chi connectivity index (χ1n) is 5.16. The molecule has 0 bridgehead atoms. The lowest BCUT2D eigenvalue weighted by molar-refractivity contribution is -0.116. The summed E-state index contributed by atoms with van der Waals surface area (Å²) in [6.45, 7) is 2.76. The zero-order valence-electron chi connectivity index (χ0n) is 9.41. The fourth-order valence-corrected chi connectivity index (χ4v) is 2.33. The highest BCUT2D eigenvalue weighted by molar-refractivity contribution is 7.98. The van der Waals surface area contributed by atoms with Gasteiger partial charge in [0.1, 0.15) is 19.0 Å². The first-order valence-corrected chi connectivity index (χ1v) is 6.39. The predicted octanol–water partition coefficient (Wildman–Crippen LogP) is 2.31. The molecule has 0 N–H and O–H groups in total. The number of hydrogen-bond donors (Lipinski definition) is 0. The van der Waals surface area contributed by atoms with Gasteiger partial charge in [0.25, 0.3) is 0 Å². The monoisotopic (exact) mass is 238 g/mol. The lowest BCUT2D eigenvalue weighted by Gasteiger charge is -2.20. The molecule has 0 amide bonds. The van der Waals surface area contributed by atoms with Crippen LogP contribution in [0.15, 0.2) is 17.0 Å². The summed E-state index contributed by atoms with van der Waals surface area (Å²) in [4.78, 5) is 12.3. The third-order valence-electron chi connectivity index (χ3n) is 2.38. The molecular weight excluding hydrogens is 224 g/mol. The van der Waals surface area contributed by atoms with Gasteiger partial charge >= 0.3 is 0 Å². The van der Waals surface area contributed by atoms with E-state index in [9.17, 15) is 4.79 Å². The molecule has 1 aromatic carbocycles. The zero-order chi connectivity index (χ0) is 11.5. The fraction of sp³-hybridized carbons (Fsp3) is 0.417. The molecule has 0 unspecified atom stereocenters. The molecule has 86 valence electrons. The Labute approximate surface area is 99.1 Å². The highest BCUT2D eigenvalue weighted by Crippen LogP contribution is 2.36. The van der Waals surface area contributed by atoms with Crippen molar-refractivity contribution in [3.8, 4) is 11.5 Å². The maximum atomic E-state index is 11.2. The topological polar surface area (TPSA) is 35.5 Å².